The number of anilines is 1. The Morgan fingerprint density at radius 3 is 2.57 bits per heavy atom. The van der Waals surface area contributed by atoms with Crippen LogP contribution in [0, 0.1) is 0 Å². The zero-order valence-corrected chi connectivity index (χ0v) is 12.7. The summed E-state index contributed by atoms with van der Waals surface area (Å²) in [5.74, 6) is -0.709. The molecule has 9 heteroatoms. The number of nitrogens with one attached hydrogen (secondary N) is 2. The minimum Gasteiger partial charge on any atom is -0.374 e. The van der Waals surface area contributed by atoms with Crippen molar-refractivity contribution in [2.24, 2.45) is 0 Å². The predicted molar refractivity (Wildman–Crippen MR) is 81.7 cm³/mol. The SMILES string of the molecule is C[C@H](Sc1nnc(N)s1)C(=O)NNC(=O)c1ccccc1. The van der Waals surface area contributed by atoms with Crippen LogP contribution in [-0.4, -0.2) is 27.3 Å². The van der Waals surface area contributed by atoms with Crippen LogP contribution in [0.5, 0.6) is 0 Å². The van der Waals surface area contributed by atoms with E-state index in [1.54, 1.807) is 31.2 Å². The molecule has 1 aromatic carbocycles. The molecule has 0 aliphatic rings. The third-order valence-electron chi connectivity index (χ3n) is 2.40. The normalized spacial score (nSPS) is 11.7. The Bertz CT molecular complexity index is 632. The summed E-state index contributed by atoms with van der Waals surface area (Å²) in [5, 5.41) is 7.40. The van der Waals surface area contributed by atoms with Gasteiger partial charge in [-0.25, -0.2) is 0 Å². The number of hydrogen-bond donors (Lipinski definition) is 3. The fourth-order valence-electron chi connectivity index (χ4n) is 1.35. The molecule has 0 spiro atoms. The van der Waals surface area contributed by atoms with Crippen molar-refractivity contribution in [1.29, 1.82) is 0 Å². The second-order valence-corrected chi connectivity index (χ2v) is 6.57. The molecule has 0 aliphatic carbocycles. The molecule has 2 amide bonds. The highest BCUT2D eigenvalue weighted by Crippen LogP contribution is 2.27. The third-order valence-corrected chi connectivity index (χ3v) is 4.34. The molecule has 7 nitrogen and oxygen atoms in total. The number of aromatic nitrogens is 2. The van der Waals surface area contributed by atoms with Gasteiger partial charge in [-0.3, -0.25) is 20.4 Å². The predicted octanol–water partition coefficient (Wildman–Crippen LogP) is 1.06. The average molecular weight is 323 g/mol. The monoisotopic (exact) mass is 323 g/mol. The fourth-order valence-corrected chi connectivity index (χ4v) is 3.13. The lowest BCUT2D eigenvalue weighted by molar-refractivity contribution is -0.121. The van der Waals surface area contributed by atoms with Crippen LogP contribution in [0.15, 0.2) is 34.7 Å². The van der Waals surface area contributed by atoms with E-state index >= 15 is 0 Å². The second-order valence-electron chi connectivity index (χ2n) is 3.98. The van der Waals surface area contributed by atoms with E-state index in [0.717, 1.165) is 0 Å². The van der Waals surface area contributed by atoms with Gasteiger partial charge in [-0.05, 0) is 19.1 Å². The summed E-state index contributed by atoms with van der Waals surface area (Å²) in [6.07, 6.45) is 0. The van der Waals surface area contributed by atoms with Crippen LogP contribution in [0.4, 0.5) is 5.13 Å². The third kappa shape index (κ3) is 4.43. The molecule has 0 aliphatic heterocycles. The molecule has 1 heterocycles. The van der Waals surface area contributed by atoms with Crippen molar-refractivity contribution in [1.82, 2.24) is 21.0 Å². The number of thioether (sulfide) groups is 1. The van der Waals surface area contributed by atoms with Crippen molar-refractivity contribution < 1.29 is 9.59 Å². The number of benzene rings is 1. The molecule has 2 aromatic rings. The summed E-state index contributed by atoms with van der Waals surface area (Å²) in [7, 11) is 0. The Labute approximate surface area is 129 Å². The van der Waals surface area contributed by atoms with Crippen LogP contribution in [0.2, 0.25) is 0 Å². The summed E-state index contributed by atoms with van der Waals surface area (Å²) in [6.45, 7) is 1.70. The Hall–Kier alpha value is -2.13. The van der Waals surface area contributed by atoms with Gasteiger partial charge >= 0.3 is 0 Å². The van der Waals surface area contributed by atoms with Gasteiger partial charge < -0.3 is 5.73 Å². The van der Waals surface area contributed by atoms with Crippen molar-refractivity contribution in [2.45, 2.75) is 16.5 Å². The number of hydrogen-bond acceptors (Lipinski definition) is 7. The molecular weight excluding hydrogens is 310 g/mol. The first-order valence-corrected chi connectivity index (χ1v) is 7.67. The smallest absolute Gasteiger partial charge is 0.269 e. The maximum atomic E-state index is 11.9. The van der Waals surface area contributed by atoms with Gasteiger partial charge in [0.15, 0.2) is 4.34 Å². The highest BCUT2D eigenvalue weighted by atomic mass is 32.2. The van der Waals surface area contributed by atoms with E-state index in [1.807, 2.05) is 6.07 Å². The van der Waals surface area contributed by atoms with E-state index in [4.69, 9.17) is 5.73 Å². The topological polar surface area (TPSA) is 110 Å². The zero-order valence-electron chi connectivity index (χ0n) is 11.1. The van der Waals surface area contributed by atoms with Crippen LogP contribution in [0.1, 0.15) is 17.3 Å². The first-order valence-electron chi connectivity index (χ1n) is 5.97. The lowest BCUT2D eigenvalue weighted by Gasteiger charge is -2.11. The first-order chi connectivity index (χ1) is 10.1. The molecule has 0 saturated carbocycles. The molecule has 0 radical (unpaired) electrons. The Morgan fingerprint density at radius 2 is 1.95 bits per heavy atom. The molecule has 4 N–H and O–H groups in total. The number of nitrogens with zero attached hydrogens (tertiary/aromatic N) is 2. The van der Waals surface area contributed by atoms with Crippen molar-refractivity contribution in [3.63, 3.8) is 0 Å². The number of amides is 2. The largest absolute Gasteiger partial charge is 0.374 e. The van der Waals surface area contributed by atoms with Gasteiger partial charge in [-0.15, -0.1) is 10.2 Å². The van der Waals surface area contributed by atoms with E-state index in [-0.39, 0.29) is 11.8 Å². The molecule has 0 bridgehead atoms. The quantitative estimate of drug-likeness (QED) is 0.573. The molecule has 21 heavy (non-hydrogen) atoms. The fraction of sp³-hybridized carbons (Fsp3) is 0.167. The maximum Gasteiger partial charge on any atom is 0.269 e. The second kappa shape index (κ2) is 7.04. The Balaban J connectivity index is 1.82. The molecule has 0 fully saturated rings. The minimum atomic E-state index is -0.437. The van der Waals surface area contributed by atoms with Crippen molar-refractivity contribution in [2.75, 3.05) is 5.73 Å². The summed E-state index contributed by atoms with van der Waals surface area (Å²) < 4.78 is 0.601. The number of hydrazine groups is 1. The van der Waals surface area contributed by atoms with E-state index in [9.17, 15) is 9.59 Å². The van der Waals surface area contributed by atoms with Crippen molar-refractivity contribution in [3.05, 3.63) is 35.9 Å². The van der Waals surface area contributed by atoms with Gasteiger partial charge in [0.05, 0.1) is 5.25 Å². The standard InChI is InChI=1S/C12H13N5O2S2/c1-7(20-12-17-16-11(13)21-12)9(18)14-15-10(19)8-5-3-2-4-6-8/h2-7H,1H3,(H2,13,16)(H,14,18)(H,15,19)/t7-/m0/s1. The van der Waals surface area contributed by atoms with Gasteiger partial charge in [-0.1, -0.05) is 41.3 Å². The van der Waals surface area contributed by atoms with Gasteiger partial charge in [0.2, 0.25) is 5.13 Å². The lowest BCUT2D eigenvalue weighted by atomic mass is 10.2. The van der Waals surface area contributed by atoms with Gasteiger partial charge in [0, 0.05) is 5.56 Å². The van der Waals surface area contributed by atoms with Crippen LogP contribution in [0.25, 0.3) is 0 Å². The summed E-state index contributed by atoms with van der Waals surface area (Å²) in [4.78, 5) is 23.6. The van der Waals surface area contributed by atoms with Crippen LogP contribution < -0.4 is 16.6 Å². The van der Waals surface area contributed by atoms with Crippen LogP contribution >= 0.6 is 23.1 Å². The maximum absolute atomic E-state index is 11.9. The molecule has 1 atom stereocenters. The number of carbonyl (C=O) groups excluding carboxylic acids is 2. The molecular formula is C12H13N5O2S2. The van der Waals surface area contributed by atoms with Gasteiger partial charge in [0.25, 0.3) is 11.8 Å². The molecule has 2 rings (SSSR count). The van der Waals surface area contributed by atoms with Gasteiger partial charge in [0.1, 0.15) is 0 Å². The molecule has 0 unspecified atom stereocenters. The first kappa shape index (κ1) is 15.3. The summed E-state index contributed by atoms with van der Waals surface area (Å²) >= 11 is 2.43. The van der Waals surface area contributed by atoms with Crippen molar-refractivity contribution in [3.8, 4) is 0 Å². The number of nitrogens with two attached hydrogens (primary N) is 1. The zero-order chi connectivity index (χ0) is 15.2. The van der Waals surface area contributed by atoms with E-state index in [1.165, 1.54) is 23.1 Å². The number of nitrogen functional groups attached to an aromatic ring is 1. The Kier molecular flexibility index (Phi) is 5.12. The van der Waals surface area contributed by atoms with Crippen LogP contribution in [-0.2, 0) is 4.79 Å². The minimum absolute atomic E-state index is 0.335. The van der Waals surface area contributed by atoms with Gasteiger partial charge in [-0.2, -0.15) is 0 Å². The highest BCUT2D eigenvalue weighted by Gasteiger charge is 2.17. The number of carbonyl (C=O) groups is 2. The summed E-state index contributed by atoms with van der Waals surface area (Å²) in [5.41, 5.74) is 10.7. The summed E-state index contributed by atoms with van der Waals surface area (Å²) in [6, 6.07) is 8.61. The van der Waals surface area contributed by atoms with Crippen molar-refractivity contribution >= 4 is 40.0 Å². The van der Waals surface area contributed by atoms with E-state index in [0.29, 0.717) is 15.0 Å². The molecule has 110 valence electrons. The molecule has 0 saturated heterocycles. The molecule has 1 aromatic heterocycles. The van der Waals surface area contributed by atoms with Crippen LogP contribution in [0.3, 0.4) is 0 Å². The lowest BCUT2D eigenvalue weighted by Crippen LogP contribution is -2.44. The Morgan fingerprint density at radius 1 is 1.24 bits per heavy atom. The van der Waals surface area contributed by atoms with E-state index in [2.05, 4.69) is 21.0 Å². The van der Waals surface area contributed by atoms with E-state index < -0.39 is 5.25 Å². The highest BCUT2D eigenvalue weighted by molar-refractivity contribution is 8.02. The average Bonchev–Trinajstić information content (AvgIpc) is 2.90. The number of rotatable bonds is 4.